The van der Waals surface area contributed by atoms with Crippen LogP contribution in [-0.2, 0) is 6.42 Å². The molecule has 1 aromatic rings. The summed E-state index contributed by atoms with van der Waals surface area (Å²) in [7, 11) is 0. The van der Waals surface area contributed by atoms with E-state index in [1.54, 1.807) is 0 Å². The SMILES string of the molecule is CCc1ccn[c]([Sn]([CH3])([CH3])[CH3])c1. The van der Waals surface area contributed by atoms with Gasteiger partial charge in [0.15, 0.2) is 0 Å². The third kappa shape index (κ3) is 2.47. The molecule has 1 nitrogen and oxygen atoms in total. The molecule has 0 fully saturated rings. The molecule has 2 heteroatoms. The summed E-state index contributed by atoms with van der Waals surface area (Å²) in [5.74, 6) is 0. The summed E-state index contributed by atoms with van der Waals surface area (Å²) in [6.07, 6.45) is 3.08. The van der Waals surface area contributed by atoms with Crippen molar-refractivity contribution >= 4 is 22.1 Å². The van der Waals surface area contributed by atoms with Gasteiger partial charge in [-0.05, 0) is 0 Å². The minimum atomic E-state index is -1.89. The van der Waals surface area contributed by atoms with Crippen molar-refractivity contribution in [2.24, 2.45) is 0 Å². The van der Waals surface area contributed by atoms with Crippen LogP contribution < -0.4 is 3.71 Å². The van der Waals surface area contributed by atoms with E-state index in [0.29, 0.717) is 0 Å². The summed E-state index contributed by atoms with van der Waals surface area (Å²) in [5.41, 5.74) is 1.42. The van der Waals surface area contributed by atoms with Crippen LogP contribution in [-0.4, -0.2) is 23.4 Å². The fourth-order valence-corrected chi connectivity index (χ4v) is 4.19. The van der Waals surface area contributed by atoms with E-state index in [4.69, 9.17) is 0 Å². The van der Waals surface area contributed by atoms with Gasteiger partial charge in [0, 0.05) is 0 Å². The van der Waals surface area contributed by atoms with Gasteiger partial charge in [-0.15, -0.1) is 0 Å². The summed E-state index contributed by atoms with van der Waals surface area (Å²) in [6.45, 7) is 2.19. The van der Waals surface area contributed by atoms with E-state index in [2.05, 4.69) is 38.9 Å². The maximum atomic E-state index is 4.45. The molecule has 0 aliphatic carbocycles. The van der Waals surface area contributed by atoms with E-state index in [9.17, 15) is 0 Å². The second kappa shape index (κ2) is 3.77. The molecule has 0 saturated carbocycles. The predicted octanol–water partition coefficient (Wildman–Crippen LogP) is 2.19. The number of aromatic nitrogens is 1. The van der Waals surface area contributed by atoms with Gasteiger partial charge in [0.2, 0.25) is 0 Å². The van der Waals surface area contributed by atoms with E-state index >= 15 is 0 Å². The normalized spacial score (nSPS) is 11.7. The van der Waals surface area contributed by atoms with E-state index in [0.717, 1.165) is 6.42 Å². The van der Waals surface area contributed by atoms with Gasteiger partial charge in [-0.1, -0.05) is 0 Å². The Morgan fingerprint density at radius 1 is 1.33 bits per heavy atom. The second-order valence-electron chi connectivity index (χ2n) is 4.15. The molecule has 0 aliphatic rings. The fourth-order valence-electron chi connectivity index (χ4n) is 1.10. The topological polar surface area (TPSA) is 12.9 Å². The van der Waals surface area contributed by atoms with Crippen LogP contribution in [0.4, 0.5) is 0 Å². The zero-order chi connectivity index (χ0) is 9.19. The number of aryl methyl sites for hydroxylation is 1. The fraction of sp³-hybridized carbons (Fsp3) is 0.500. The molecule has 0 bridgehead atoms. The Balaban J connectivity index is 3.02. The minimum absolute atomic E-state index is 1.12. The number of pyridine rings is 1. The van der Waals surface area contributed by atoms with Crippen molar-refractivity contribution in [3.63, 3.8) is 0 Å². The van der Waals surface area contributed by atoms with Crippen LogP contribution in [0.25, 0.3) is 0 Å². The summed E-state index contributed by atoms with van der Waals surface area (Å²) in [5, 5.41) is 0. The van der Waals surface area contributed by atoms with Crippen LogP contribution in [0.5, 0.6) is 0 Å². The summed E-state index contributed by atoms with van der Waals surface area (Å²) < 4.78 is 1.39. The van der Waals surface area contributed by atoms with Gasteiger partial charge in [-0.25, -0.2) is 0 Å². The molecule has 1 rings (SSSR count). The monoisotopic (exact) mass is 271 g/mol. The number of rotatable bonds is 2. The molecule has 0 unspecified atom stereocenters. The quantitative estimate of drug-likeness (QED) is 0.750. The number of nitrogens with zero attached hydrogens (tertiary/aromatic N) is 1. The van der Waals surface area contributed by atoms with Crippen molar-refractivity contribution in [1.29, 1.82) is 0 Å². The molecule has 1 heterocycles. The molecule has 0 aliphatic heterocycles. The Labute approximate surface area is 79.1 Å². The first-order chi connectivity index (χ1) is 5.54. The van der Waals surface area contributed by atoms with Crippen LogP contribution in [0.15, 0.2) is 18.3 Å². The molecule has 0 saturated heterocycles. The average molecular weight is 270 g/mol. The third-order valence-corrected chi connectivity index (χ3v) is 7.17. The van der Waals surface area contributed by atoms with Gasteiger partial charge in [0.1, 0.15) is 0 Å². The molecular formula is C10H17NSn. The molecule has 0 spiro atoms. The molecule has 0 aromatic carbocycles. The number of hydrogen-bond donors (Lipinski definition) is 0. The Kier molecular flexibility index (Phi) is 3.15. The van der Waals surface area contributed by atoms with Crippen molar-refractivity contribution < 1.29 is 0 Å². The van der Waals surface area contributed by atoms with E-state index in [1.165, 1.54) is 9.27 Å². The molecule has 0 radical (unpaired) electrons. The molecule has 12 heavy (non-hydrogen) atoms. The molecule has 0 N–H and O–H groups in total. The van der Waals surface area contributed by atoms with Crippen LogP contribution >= 0.6 is 0 Å². The maximum absolute atomic E-state index is 4.45. The van der Waals surface area contributed by atoms with Gasteiger partial charge in [-0.2, -0.15) is 0 Å². The van der Waals surface area contributed by atoms with Crippen LogP contribution in [0, 0.1) is 0 Å². The van der Waals surface area contributed by atoms with Crippen molar-refractivity contribution in [2.75, 3.05) is 0 Å². The molecule has 66 valence electrons. The Bertz CT molecular complexity index is 263. The standard InChI is InChI=1S/C7H8N.3CH3.Sn/c1-2-7-3-5-8-6-4-7;;;;/h3-5H,2H2,1H3;3*1H3;. The second-order valence-corrected chi connectivity index (χ2v) is 18.5. The van der Waals surface area contributed by atoms with Gasteiger partial charge in [-0.3, -0.25) is 0 Å². The average Bonchev–Trinajstić information content (AvgIpc) is 2.03. The molecule has 0 amide bonds. The third-order valence-electron chi connectivity index (χ3n) is 2.00. The van der Waals surface area contributed by atoms with Crippen molar-refractivity contribution in [1.82, 2.24) is 4.98 Å². The Morgan fingerprint density at radius 2 is 2.00 bits per heavy atom. The van der Waals surface area contributed by atoms with Gasteiger partial charge >= 0.3 is 79.1 Å². The van der Waals surface area contributed by atoms with Crippen LogP contribution in [0.3, 0.4) is 0 Å². The van der Waals surface area contributed by atoms with Crippen molar-refractivity contribution in [3.05, 3.63) is 23.9 Å². The van der Waals surface area contributed by atoms with Gasteiger partial charge in [0.05, 0.1) is 0 Å². The van der Waals surface area contributed by atoms with Crippen LogP contribution in [0.2, 0.25) is 14.8 Å². The Hall–Kier alpha value is -0.0513. The molecular weight excluding hydrogens is 253 g/mol. The van der Waals surface area contributed by atoms with Gasteiger partial charge in [0.25, 0.3) is 0 Å². The van der Waals surface area contributed by atoms with E-state index in [1.807, 2.05) is 6.20 Å². The van der Waals surface area contributed by atoms with E-state index < -0.39 is 18.4 Å². The zero-order valence-electron chi connectivity index (χ0n) is 8.39. The molecule has 0 atom stereocenters. The van der Waals surface area contributed by atoms with Gasteiger partial charge < -0.3 is 0 Å². The summed E-state index contributed by atoms with van der Waals surface area (Å²) >= 11 is -1.89. The van der Waals surface area contributed by atoms with Crippen LogP contribution in [0.1, 0.15) is 12.5 Å². The molecule has 1 aromatic heterocycles. The van der Waals surface area contributed by atoms with Crippen molar-refractivity contribution in [3.8, 4) is 0 Å². The predicted molar refractivity (Wildman–Crippen MR) is 56.6 cm³/mol. The Morgan fingerprint density at radius 3 is 2.50 bits per heavy atom. The zero-order valence-corrected chi connectivity index (χ0v) is 11.2. The first-order valence-electron chi connectivity index (χ1n) is 4.49. The summed E-state index contributed by atoms with van der Waals surface area (Å²) in [4.78, 5) is 11.6. The number of hydrogen-bond acceptors (Lipinski definition) is 1. The van der Waals surface area contributed by atoms with Crippen molar-refractivity contribution in [2.45, 2.75) is 28.2 Å². The summed E-state index contributed by atoms with van der Waals surface area (Å²) in [6, 6.07) is 4.40. The first-order valence-corrected chi connectivity index (χ1v) is 14.5. The first kappa shape index (κ1) is 10.0. The van der Waals surface area contributed by atoms with E-state index in [-0.39, 0.29) is 0 Å².